The van der Waals surface area contributed by atoms with Crippen LogP contribution in [0.25, 0.3) is 11.1 Å². The number of nitrogens with zero attached hydrogens (tertiary/aromatic N) is 3. The highest BCUT2D eigenvalue weighted by Crippen LogP contribution is 2.28. The van der Waals surface area contributed by atoms with E-state index >= 15 is 0 Å². The van der Waals surface area contributed by atoms with Gasteiger partial charge in [-0.25, -0.2) is 4.79 Å². The molecule has 0 bridgehead atoms. The number of piperidine rings is 1. The van der Waals surface area contributed by atoms with E-state index in [0.717, 1.165) is 19.4 Å². The molecule has 0 aliphatic carbocycles. The lowest BCUT2D eigenvalue weighted by molar-refractivity contribution is -0.384. The second-order valence-corrected chi connectivity index (χ2v) is 7.74. The molecule has 27 heavy (non-hydrogen) atoms. The molecule has 1 atom stereocenters. The van der Waals surface area contributed by atoms with Crippen LogP contribution in [0.2, 0.25) is 0 Å². The molecule has 0 spiro atoms. The van der Waals surface area contributed by atoms with Gasteiger partial charge in [0.15, 0.2) is 5.58 Å². The Morgan fingerprint density at radius 1 is 1.48 bits per heavy atom. The van der Waals surface area contributed by atoms with E-state index in [-0.39, 0.29) is 11.6 Å². The van der Waals surface area contributed by atoms with Crippen molar-refractivity contribution in [3.05, 3.63) is 28.3 Å². The highest BCUT2D eigenvalue weighted by molar-refractivity contribution is 5.77. The predicted octanol–water partition coefficient (Wildman–Crippen LogP) is 3.48. The normalized spacial score (nSPS) is 17.7. The first-order chi connectivity index (χ1) is 12.7. The van der Waals surface area contributed by atoms with Gasteiger partial charge in [0.25, 0.3) is 11.7 Å². The maximum absolute atomic E-state index is 11.8. The molecule has 2 heterocycles. The number of fused-ring (bicyclic) bond motifs is 1. The minimum atomic E-state index is -0.524. The highest BCUT2D eigenvalue weighted by Gasteiger charge is 2.25. The van der Waals surface area contributed by atoms with E-state index in [9.17, 15) is 14.9 Å². The van der Waals surface area contributed by atoms with Gasteiger partial charge in [-0.1, -0.05) is 0 Å². The Morgan fingerprint density at radius 3 is 2.96 bits per heavy atom. The topological polar surface area (TPSA) is 111 Å². The number of amides is 1. The molecule has 1 N–H and O–H groups in total. The van der Waals surface area contributed by atoms with E-state index in [0.29, 0.717) is 30.2 Å². The number of rotatable bonds is 4. The number of nitro groups is 1. The van der Waals surface area contributed by atoms with Crippen LogP contribution in [0.5, 0.6) is 0 Å². The number of alkyl carbamates (subject to hydrolysis) is 1. The molecule has 0 unspecified atom stereocenters. The molecule has 3 rings (SSSR count). The number of hydrogen-bond donors (Lipinski definition) is 1. The molecule has 1 fully saturated rings. The molecular formula is C18H24N4O5. The Balaban J connectivity index is 1.63. The van der Waals surface area contributed by atoms with E-state index in [4.69, 9.17) is 9.15 Å². The molecule has 0 radical (unpaired) electrons. The second kappa shape index (κ2) is 7.42. The molecule has 0 saturated carbocycles. The van der Waals surface area contributed by atoms with Crippen molar-refractivity contribution in [2.75, 3.05) is 24.5 Å². The fraction of sp³-hybridized carbons (Fsp3) is 0.556. The first-order valence-corrected chi connectivity index (χ1v) is 8.98. The largest absolute Gasteiger partial charge is 0.444 e. The Morgan fingerprint density at radius 2 is 2.26 bits per heavy atom. The SMILES string of the molecule is CC(C)(C)OC(=O)NC[C@H]1CCCN(c2nc3cc([N+](=O)[O-])ccc3o2)C1. The van der Waals surface area contributed by atoms with Gasteiger partial charge in [-0.3, -0.25) is 10.1 Å². The number of benzene rings is 1. The van der Waals surface area contributed by atoms with Crippen LogP contribution in [-0.2, 0) is 4.74 Å². The summed E-state index contributed by atoms with van der Waals surface area (Å²) in [6.45, 7) is 7.46. The van der Waals surface area contributed by atoms with Crippen LogP contribution in [-0.4, -0.2) is 41.2 Å². The summed E-state index contributed by atoms with van der Waals surface area (Å²) in [6, 6.07) is 4.83. The molecule has 9 nitrogen and oxygen atoms in total. The second-order valence-electron chi connectivity index (χ2n) is 7.74. The molecule has 1 saturated heterocycles. The third kappa shape index (κ3) is 4.87. The van der Waals surface area contributed by atoms with Crippen molar-refractivity contribution in [3.8, 4) is 0 Å². The van der Waals surface area contributed by atoms with E-state index < -0.39 is 16.6 Å². The minimum Gasteiger partial charge on any atom is -0.444 e. The number of hydrogen-bond acceptors (Lipinski definition) is 7. The molecular weight excluding hydrogens is 352 g/mol. The van der Waals surface area contributed by atoms with Crippen molar-refractivity contribution in [1.82, 2.24) is 10.3 Å². The number of ether oxygens (including phenoxy) is 1. The van der Waals surface area contributed by atoms with Crippen molar-refractivity contribution < 1.29 is 18.9 Å². The third-order valence-corrected chi connectivity index (χ3v) is 4.29. The van der Waals surface area contributed by atoms with E-state index in [2.05, 4.69) is 10.3 Å². The zero-order valence-electron chi connectivity index (χ0n) is 15.7. The lowest BCUT2D eigenvalue weighted by Gasteiger charge is -2.31. The summed E-state index contributed by atoms with van der Waals surface area (Å²) in [5, 5.41) is 13.7. The van der Waals surface area contributed by atoms with Crippen molar-refractivity contribution in [1.29, 1.82) is 0 Å². The summed E-state index contributed by atoms with van der Waals surface area (Å²) in [5.41, 5.74) is 0.446. The van der Waals surface area contributed by atoms with Gasteiger partial charge in [0.2, 0.25) is 0 Å². The Bertz CT molecular complexity index is 842. The maximum atomic E-state index is 11.8. The number of nitro benzene ring substituents is 1. The summed E-state index contributed by atoms with van der Waals surface area (Å²) in [6.07, 6.45) is 1.51. The summed E-state index contributed by atoms with van der Waals surface area (Å²) in [5.74, 6) is 0.246. The number of nitrogens with one attached hydrogen (secondary N) is 1. The smallest absolute Gasteiger partial charge is 0.407 e. The molecule has 9 heteroatoms. The number of aromatic nitrogens is 1. The van der Waals surface area contributed by atoms with Gasteiger partial charge in [0.1, 0.15) is 11.1 Å². The zero-order chi connectivity index (χ0) is 19.6. The molecule has 1 aromatic heterocycles. The van der Waals surface area contributed by atoms with Gasteiger partial charge in [-0.2, -0.15) is 4.98 Å². The van der Waals surface area contributed by atoms with Gasteiger partial charge in [0, 0.05) is 31.8 Å². The molecule has 1 amide bonds. The number of oxazole rings is 1. The monoisotopic (exact) mass is 376 g/mol. The van der Waals surface area contributed by atoms with Crippen LogP contribution in [0.15, 0.2) is 22.6 Å². The minimum absolute atomic E-state index is 0.0135. The Kier molecular flexibility index (Phi) is 5.20. The quantitative estimate of drug-likeness (QED) is 0.642. The van der Waals surface area contributed by atoms with E-state index in [1.807, 2.05) is 25.7 Å². The van der Waals surface area contributed by atoms with Crippen molar-refractivity contribution in [2.24, 2.45) is 5.92 Å². The van der Waals surface area contributed by atoms with Crippen molar-refractivity contribution >= 4 is 28.9 Å². The van der Waals surface area contributed by atoms with E-state index in [1.54, 1.807) is 6.07 Å². The van der Waals surface area contributed by atoms with Gasteiger partial charge in [-0.05, 0) is 45.6 Å². The summed E-state index contributed by atoms with van der Waals surface area (Å²) >= 11 is 0. The fourth-order valence-electron chi connectivity index (χ4n) is 3.10. The van der Waals surface area contributed by atoms with Crippen molar-refractivity contribution in [2.45, 2.75) is 39.2 Å². The lowest BCUT2D eigenvalue weighted by atomic mass is 9.98. The molecule has 1 aliphatic rings. The first kappa shape index (κ1) is 18.9. The van der Waals surface area contributed by atoms with Gasteiger partial charge in [-0.15, -0.1) is 0 Å². The van der Waals surface area contributed by atoms with Crippen LogP contribution in [0.3, 0.4) is 0 Å². The summed E-state index contributed by atoms with van der Waals surface area (Å²) < 4.78 is 11.0. The number of non-ortho nitro benzene ring substituents is 1. The number of carbonyl (C=O) groups excluding carboxylic acids is 1. The number of carbonyl (C=O) groups is 1. The molecule has 1 aromatic carbocycles. The third-order valence-electron chi connectivity index (χ3n) is 4.29. The van der Waals surface area contributed by atoms with Crippen LogP contribution >= 0.6 is 0 Å². The van der Waals surface area contributed by atoms with Gasteiger partial charge < -0.3 is 19.4 Å². The fourth-order valence-corrected chi connectivity index (χ4v) is 3.10. The van der Waals surface area contributed by atoms with Crippen LogP contribution < -0.4 is 10.2 Å². The van der Waals surface area contributed by atoms with Crippen molar-refractivity contribution in [3.63, 3.8) is 0 Å². The maximum Gasteiger partial charge on any atom is 0.407 e. The Labute approximate surface area is 156 Å². The molecule has 2 aromatic rings. The van der Waals surface area contributed by atoms with Crippen LogP contribution in [0.4, 0.5) is 16.5 Å². The summed E-state index contributed by atoms with van der Waals surface area (Å²) in [4.78, 5) is 28.7. The zero-order valence-corrected chi connectivity index (χ0v) is 15.7. The average molecular weight is 376 g/mol. The Hall–Kier alpha value is -2.84. The molecule has 146 valence electrons. The lowest BCUT2D eigenvalue weighted by Crippen LogP contribution is -2.42. The van der Waals surface area contributed by atoms with Crippen LogP contribution in [0, 0.1) is 16.0 Å². The predicted molar refractivity (Wildman–Crippen MR) is 99.8 cm³/mol. The van der Waals surface area contributed by atoms with E-state index in [1.165, 1.54) is 12.1 Å². The molecule has 1 aliphatic heterocycles. The highest BCUT2D eigenvalue weighted by atomic mass is 16.6. The first-order valence-electron chi connectivity index (χ1n) is 8.98. The van der Waals surface area contributed by atoms with Gasteiger partial charge in [0.05, 0.1) is 4.92 Å². The number of anilines is 1. The standard InChI is InChI=1S/C18H24N4O5/c1-18(2,3)27-17(23)19-10-12-5-4-8-21(11-12)16-20-14-9-13(22(24)25)6-7-15(14)26-16/h6-7,9,12H,4-5,8,10-11H2,1-3H3,(H,19,23)/t12-/m1/s1. The average Bonchev–Trinajstić information content (AvgIpc) is 3.02. The van der Waals surface area contributed by atoms with Gasteiger partial charge >= 0.3 is 6.09 Å². The summed E-state index contributed by atoms with van der Waals surface area (Å²) in [7, 11) is 0. The van der Waals surface area contributed by atoms with Crippen LogP contribution in [0.1, 0.15) is 33.6 Å².